The number of piperidine rings is 1. The van der Waals surface area contributed by atoms with Crippen LogP contribution in [0.2, 0.25) is 0 Å². The van der Waals surface area contributed by atoms with Crippen molar-refractivity contribution in [1.82, 2.24) is 10.2 Å². The Labute approximate surface area is 135 Å². The van der Waals surface area contributed by atoms with Crippen LogP contribution >= 0.6 is 0 Å². The van der Waals surface area contributed by atoms with Crippen molar-refractivity contribution in [3.8, 4) is 0 Å². The third-order valence-electron chi connectivity index (χ3n) is 4.73. The van der Waals surface area contributed by atoms with E-state index < -0.39 is 0 Å². The molecule has 4 heteroatoms. The highest BCUT2D eigenvalue weighted by molar-refractivity contribution is 5.53. The smallest absolute Gasteiger partial charge is 0.0468 e. The van der Waals surface area contributed by atoms with Gasteiger partial charge in [0.15, 0.2) is 0 Å². The molecule has 2 rings (SSSR count). The lowest BCUT2D eigenvalue weighted by Gasteiger charge is -2.37. The second-order valence-electron chi connectivity index (χ2n) is 6.69. The van der Waals surface area contributed by atoms with E-state index in [4.69, 9.17) is 5.11 Å². The van der Waals surface area contributed by atoms with Crippen molar-refractivity contribution < 1.29 is 5.11 Å². The zero-order valence-corrected chi connectivity index (χ0v) is 14.3. The number of anilines is 1. The molecule has 1 aromatic rings. The summed E-state index contributed by atoms with van der Waals surface area (Å²) >= 11 is 0. The zero-order valence-electron chi connectivity index (χ0n) is 14.3. The summed E-state index contributed by atoms with van der Waals surface area (Å²) in [6.45, 7) is 6.38. The second-order valence-corrected chi connectivity index (χ2v) is 6.69. The van der Waals surface area contributed by atoms with Gasteiger partial charge in [0, 0.05) is 38.5 Å². The van der Waals surface area contributed by atoms with Crippen LogP contribution in [0.25, 0.3) is 0 Å². The maximum Gasteiger partial charge on any atom is 0.0468 e. The Kier molecular flexibility index (Phi) is 6.68. The number of likely N-dealkylation sites (tertiary alicyclic amines) is 1. The van der Waals surface area contributed by atoms with Crippen LogP contribution in [0.1, 0.15) is 25.3 Å². The summed E-state index contributed by atoms with van der Waals surface area (Å²) in [5, 5.41) is 12.6. The van der Waals surface area contributed by atoms with Gasteiger partial charge in [-0.15, -0.1) is 0 Å². The molecule has 22 heavy (non-hydrogen) atoms. The molecule has 1 aliphatic rings. The van der Waals surface area contributed by atoms with Crippen LogP contribution in [-0.4, -0.2) is 56.4 Å². The number of rotatable bonds is 7. The molecule has 4 nitrogen and oxygen atoms in total. The van der Waals surface area contributed by atoms with Crippen molar-refractivity contribution in [2.24, 2.45) is 5.92 Å². The van der Waals surface area contributed by atoms with Crippen molar-refractivity contribution >= 4 is 5.69 Å². The fourth-order valence-corrected chi connectivity index (χ4v) is 3.10. The van der Waals surface area contributed by atoms with Gasteiger partial charge in [0.1, 0.15) is 0 Å². The average Bonchev–Trinajstić information content (AvgIpc) is 2.55. The van der Waals surface area contributed by atoms with E-state index in [2.05, 4.69) is 60.4 Å². The first-order valence-electron chi connectivity index (χ1n) is 8.42. The molecule has 1 saturated heterocycles. The highest BCUT2D eigenvalue weighted by Crippen LogP contribution is 2.25. The minimum Gasteiger partial charge on any atom is -0.396 e. The van der Waals surface area contributed by atoms with Gasteiger partial charge in [-0.25, -0.2) is 0 Å². The third kappa shape index (κ3) is 4.70. The first kappa shape index (κ1) is 17.3. The van der Waals surface area contributed by atoms with E-state index in [1.54, 1.807) is 0 Å². The minimum atomic E-state index is 0.240. The second kappa shape index (κ2) is 8.51. The van der Waals surface area contributed by atoms with E-state index >= 15 is 0 Å². The summed E-state index contributed by atoms with van der Waals surface area (Å²) in [7, 11) is 4.43. The Hall–Kier alpha value is -1.10. The molecule has 1 fully saturated rings. The highest BCUT2D eigenvalue weighted by Gasteiger charge is 2.22. The maximum absolute atomic E-state index is 9.11. The van der Waals surface area contributed by atoms with Crippen molar-refractivity contribution in [3.63, 3.8) is 0 Å². The van der Waals surface area contributed by atoms with Gasteiger partial charge < -0.3 is 20.2 Å². The molecule has 0 aromatic heterocycles. The minimum absolute atomic E-state index is 0.240. The van der Waals surface area contributed by atoms with Gasteiger partial charge >= 0.3 is 0 Å². The molecule has 1 aromatic carbocycles. The average molecular weight is 305 g/mol. The summed E-state index contributed by atoms with van der Waals surface area (Å²) in [5.74, 6) is 0.304. The van der Waals surface area contributed by atoms with Crippen molar-refractivity contribution in [2.45, 2.75) is 32.4 Å². The number of hydrogen-bond acceptors (Lipinski definition) is 4. The van der Waals surface area contributed by atoms with Gasteiger partial charge in [-0.3, -0.25) is 0 Å². The van der Waals surface area contributed by atoms with Crippen LogP contribution in [-0.2, 0) is 6.54 Å². The van der Waals surface area contributed by atoms with Gasteiger partial charge in [0.2, 0.25) is 0 Å². The lowest BCUT2D eigenvalue weighted by atomic mass is 10.0. The molecule has 0 radical (unpaired) electrons. The Morgan fingerprint density at radius 3 is 2.68 bits per heavy atom. The fraction of sp³-hybridized carbons (Fsp3) is 0.667. The van der Waals surface area contributed by atoms with Crippen LogP contribution in [0.3, 0.4) is 0 Å². The first-order valence-corrected chi connectivity index (χ1v) is 8.42. The quantitative estimate of drug-likeness (QED) is 0.807. The van der Waals surface area contributed by atoms with Gasteiger partial charge in [-0.2, -0.15) is 0 Å². The Morgan fingerprint density at radius 2 is 2.00 bits per heavy atom. The van der Waals surface area contributed by atoms with E-state index in [0.717, 1.165) is 13.1 Å². The molecule has 0 bridgehead atoms. The number of nitrogens with zero attached hydrogens (tertiary/aromatic N) is 2. The molecule has 2 N–H and O–H groups in total. The molecular weight excluding hydrogens is 274 g/mol. The number of aliphatic hydroxyl groups is 1. The van der Waals surface area contributed by atoms with Crippen molar-refractivity contribution in [1.29, 1.82) is 0 Å². The van der Waals surface area contributed by atoms with E-state index in [0.29, 0.717) is 12.0 Å². The molecule has 1 atom stereocenters. The lowest BCUT2D eigenvalue weighted by molar-refractivity contribution is 0.233. The molecular formula is C18H31N3O. The standard InChI is InChI=1S/C18H31N3O/c1-15(14-22)12-19-13-16-6-4-5-7-18(16)21(3)17-8-10-20(2)11-9-17/h4-7,15,17,19,22H,8-14H2,1-3H3. The fourth-order valence-electron chi connectivity index (χ4n) is 3.10. The molecule has 1 aliphatic heterocycles. The van der Waals surface area contributed by atoms with Crippen LogP contribution < -0.4 is 10.2 Å². The third-order valence-corrected chi connectivity index (χ3v) is 4.73. The summed E-state index contributed by atoms with van der Waals surface area (Å²) in [6.07, 6.45) is 2.46. The topological polar surface area (TPSA) is 38.7 Å². The number of hydrogen-bond donors (Lipinski definition) is 2. The SMILES string of the molecule is CC(CO)CNCc1ccccc1N(C)C1CCN(C)CC1. The summed E-state index contributed by atoms with van der Waals surface area (Å²) in [6, 6.07) is 9.30. The number of nitrogens with one attached hydrogen (secondary N) is 1. The van der Waals surface area contributed by atoms with Gasteiger partial charge in [-0.05, 0) is 50.5 Å². The van der Waals surface area contributed by atoms with Crippen molar-refractivity contribution in [2.75, 3.05) is 45.2 Å². The predicted octanol–water partition coefficient (Wildman–Crippen LogP) is 1.93. The summed E-state index contributed by atoms with van der Waals surface area (Å²) in [4.78, 5) is 4.87. The normalized spacial score (nSPS) is 18.4. The van der Waals surface area contributed by atoms with Crippen LogP contribution in [0.15, 0.2) is 24.3 Å². The summed E-state index contributed by atoms with van der Waals surface area (Å²) < 4.78 is 0. The lowest BCUT2D eigenvalue weighted by Crippen LogP contribution is -2.42. The molecule has 1 unspecified atom stereocenters. The van der Waals surface area contributed by atoms with Crippen molar-refractivity contribution in [3.05, 3.63) is 29.8 Å². The van der Waals surface area contributed by atoms with Crippen LogP contribution in [0.4, 0.5) is 5.69 Å². The highest BCUT2D eigenvalue weighted by atomic mass is 16.3. The molecule has 0 amide bonds. The molecule has 0 aliphatic carbocycles. The maximum atomic E-state index is 9.11. The Morgan fingerprint density at radius 1 is 1.32 bits per heavy atom. The monoisotopic (exact) mass is 305 g/mol. The number of benzene rings is 1. The van der Waals surface area contributed by atoms with E-state index in [-0.39, 0.29) is 6.61 Å². The molecule has 124 valence electrons. The Balaban J connectivity index is 1.97. The van der Waals surface area contributed by atoms with Gasteiger partial charge in [0.25, 0.3) is 0 Å². The van der Waals surface area contributed by atoms with E-state index in [9.17, 15) is 0 Å². The number of para-hydroxylation sites is 1. The zero-order chi connectivity index (χ0) is 15.9. The number of aliphatic hydroxyl groups excluding tert-OH is 1. The van der Waals surface area contributed by atoms with Crippen LogP contribution in [0, 0.1) is 5.92 Å². The van der Waals surface area contributed by atoms with Crippen LogP contribution in [0.5, 0.6) is 0 Å². The first-order chi connectivity index (χ1) is 10.6. The Bertz CT molecular complexity index is 444. The van der Waals surface area contributed by atoms with Gasteiger partial charge in [-0.1, -0.05) is 25.1 Å². The van der Waals surface area contributed by atoms with E-state index in [1.165, 1.54) is 37.2 Å². The summed E-state index contributed by atoms with van der Waals surface area (Å²) in [5.41, 5.74) is 2.68. The molecule has 1 heterocycles. The molecule has 0 saturated carbocycles. The predicted molar refractivity (Wildman–Crippen MR) is 93.3 cm³/mol. The van der Waals surface area contributed by atoms with Gasteiger partial charge in [0.05, 0.1) is 0 Å². The van der Waals surface area contributed by atoms with E-state index in [1.807, 2.05) is 0 Å². The largest absolute Gasteiger partial charge is 0.396 e. The molecule has 0 spiro atoms.